The van der Waals surface area contributed by atoms with Crippen molar-refractivity contribution in [2.24, 2.45) is 0 Å². The number of nitrogens with zero attached hydrogens (tertiary/aromatic N) is 1. The van der Waals surface area contributed by atoms with Gasteiger partial charge in [-0.25, -0.2) is 3.93 Å². The van der Waals surface area contributed by atoms with E-state index in [1.165, 1.54) is 0 Å². The Bertz CT molecular complexity index is 601. The van der Waals surface area contributed by atoms with Crippen molar-refractivity contribution in [1.82, 2.24) is 3.93 Å². The Labute approximate surface area is 120 Å². The van der Waals surface area contributed by atoms with Crippen molar-refractivity contribution in [3.63, 3.8) is 0 Å². The molecule has 1 atom stereocenters. The number of fused-ring (bicyclic) bond motifs is 1. The lowest BCUT2D eigenvalue weighted by molar-refractivity contribution is 0.380. The molecule has 3 nitrogen and oxygen atoms in total. The van der Waals surface area contributed by atoms with Crippen LogP contribution in [0.1, 0.15) is 22.7 Å². The Morgan fingerprint density at radius 3 is 2.47 bits per heavy atom. The average Bonchev–Trinajstić information content (AvgIpc) is 2.42. The van der Waals surface area contributed by atoms with Crippen LogP contribution in [0.3, 0.4) is 0 Å². The minimum Gasteiger partial charge on any atom is -0.504 e. The van der Waals surface area contributed by atoms with E-state index < -0.39 is 0 Å². The smallest absolute Gasteiger partial charge is 0.157 e. The fourth-order valence-corrected chi connectivity index (χ4v) is 3.23. The van der Waals surface area contributed by atoms with Gasteiger partial charge in [-0.1, -0.05) is 30.3 Å². The van der Waals surface area contributed by atoms with Crippen LogP contribution in [0, 0.1) is 0 Å². The minimum atomic E-state index is -0.0671. The van der Waals surface area contributed by atoms with Crippen LogP contribution >= 0.6 is 16.1 Å². The van der Waals surface area contributed by atoms with Gasteiger partial charge in [0.05, 0.1) is 6.04 Å². The van der Waals surface area contributed by atoms with Gasteiger partial charge in [0.25, 0.3) is 0 Å². The average molecular weight is 320 g/mol. The highest BCUT2D eigenvalue weighted by molar-refractivity contribution is 9.07. The predicted octanol–water partition coefficient (Wildman–Crippen LogP) is 3.36. The summed E-state index contributed by atoms with van der Waals surface area (Å²) in [4.78, 5) is 0. The zero-order chi connectivity index (χ0) is 13.4. The molecule has 0 amide bonds. The van der Waals surface area contributed by atoms with E-state index in [4.69, 9.17) is 0 Å². The Morgan fingerprint density at radius 2 is 1.74 bits per heavy atom. The fraction of sp³-hybridized carbons (Fsp3) is 0.200. The van der Waals surface area contributed by atoms with E-state index in [-0.39, 0.29) is 17.5 Å². The summed E-state index contributed by atoms with van der Waals surface area (Å²) in [5, 5.41) is 19.4. The highest BCUT2D eigenvalue weighted by atomic mass is 79.9. The van der Waals surface area contributed by atoms with Gasteiger partial charge in [-0.05, 0) is 35.2 Å². The van der Waals surface area contributed by atoms with E-state index in [1.54, 1.807) is 12.1 Å². The molecule has 1 aliphatic heterocycles. The molecule has 0 saturated heterocycles. The lowest BCUT2D eigenvalue weighted by Crippen LogP contribution is -2.28. The van der Waals surface area contributed by atoms with Crippen LogP contribution in [-0.4, -0.2) is 20.7 Å². The molecule has 98 valence electrons. The summed E-state index contributed by atoms with van der Waals surface area (Å²) in [6, 6.07) is 13.5. The summed E-state index contributed by atoms with van der Waals surface area (Å²) < 4.78 is 2.08. The second kappa shape index (κ2) is 4.87. The first-order valence-corrected chi connectivity index (χ1v) is 6.90. The summed E-state index contributed by atoms with van der Waals surface area (Å²) in [5.41, 5.74) is 3.27. The normalized spacial score (nSPS) is 19.1. The number of rotatable bonds is 1. The SMILES string of the molecule is Oc1cc2c(cc1O)C(c1ccccc1)N(Br)CC2. The highest BCUT2D eigenvalue weighted by Gasteiger charge is 2.28. The molecule has 0 aromatic heterocycles. The summed E-state index contributed by atoms with van der Waals surface area (Å²) in [6.07, 6.45) is 0.845. The summed E-state index contributed by atoms with van der Waals surface area (Å²) in [7, 11) is 0. The standard InChI is InChI=1S/C15H14BrNO2/c16-17-7-6-11-8-13(18)14(19)9-12(11)15(17)10-4-2-1-3-5-10/h1-5,8-9,15,18-19H,6-7H2. The molecule has 0 radical (unpaired) electrons. The van der Waals surface area contributed by atoms with Crippen molar-refractivity contribution in [3.05, 3.63) is 59.2 Å². The molecule has 1 heterocycles. The zero-order valence-corrected chi connectivity index (χ0v) is 11.8. The molecule has 0 spiro atoms. The van der Waals surface area contributed by atoms with Crippen LogP contribution in [-0.2, 0) is 6.42 Å². The molecular weight excluding hydrogens is 306 g/mol. The molecule has 0 saturated carbocycles. The monoisotopic (exact) mass is 319 g/mol. The van der Waals surface area contributed by atoms with Gasteiger partial charge >= 0.3 is 0 Å². The lowest BCUT2D eigenvalue weighted by atomic mass is 9.89. The van der Waals surface area contributed by atoms with E-state index in [2.05, 4.69) is 32.2 Å². The first-order chi connectivity index (χ1) is 9.16. The maximum Gasteiger partial charge on any atom is 0.157 e. The number of hydrogen-bond donors (Lipinski definition) is 2. The summed E-state index contributed by atoms with van der Waals surface area (Å²) in [5.74, 6) is -0.115. The number of phenols is 2. The third kappa shape index (κ3) is 2.22. The van der Waals surface area contributed by atoms with E-state index in [9.17, 15) is 10.2 Å². The quantitative estimate of drug-likeness (QED) is 0.625. The van der Waals surface area contributed by atoms with Crippen LogP contribution < -0.4 is 0 Å². The van der Waals surface area contributed by atoms with Gasteiger partial charge in [-0.15, -0.1) is 0 Å². The number of benzene rings is 2. The summed E-state index contributed by atoms with van der Waals surface area (Å²) >= 11 is 3.59. The van der Waals surface area contributed by atoms with Crippen molar-refractivity contribution in [1.29, 1.82) is 0 Å². The van der Waals surface area contributed by atoms with Gasteiger partial charge in [0.2, 0.25) is 0 Å². The third-order valence-electron chi connectivity index (χ3n) is 3.52. The molecule has 0 fully saturated rings. The molecule has 2 aromatic rings. The number of hydrogen-bond acceptors (Lipinski definition) is 3. The van der Waals surface area contributed by atoms with Gasteiger partial charge in [-0.2, -0.15) is 0 Å². The fourth-order valence-electron chi connectivity index (χ4n) is 2.59. The van der Waals surface area contributed by atoms with Crippen LogP contribution in [0.4, 0.5) is 0 Å². The largest absolute Gasteiger partial charge is 0.504 e. The second-order valence-corrected chi connectivity index (χ2v) is 5.64. The molecule has 0 aliphatic carbocycles. The van der Waals surface area contributed by atoms with Crippen LogP contribution in [0.5, 0.6) is 11.5 Å². The zero-order valence-electron chi connectivity index (χ0n) is 10.3. The van der Waals surface area contributed by atoms with Crippen molar-refractivity contribution in [2.75, 3.05) is 6.54 Å². The molecule has 19 heavy (non-hydrogen) atoms. The van der Waals surface area contributed by atoms with Gasteiger partial charge in [0.15, 0.2) is 11.5 Å². The van der Waals surface area contributed by atoms with Gasteiger partial charge in [-0.3, -0.25) is 0 Å². The van der Waals surface area contributed by atoms with Crippen LogP contribution in [0.25, 0.3) is 0 Å². The second-order valence-electron chi connectivity index (χ2n) is 4.73. The molecule has 4 heteroatoms. The van der Waals surface area contributed by atoms with Gasteiger partial charge in [0, 0.05) is 22.7 Å². The Balaban J connectivity index is 2.14. The minimum absolute atomic E-state index is 0.0476. The van der Waals surface area contributed by atoms with Crippen molar-refractivity contribution >= 4 is 16.1 Å². The maximum absolute atomic E-state index is 9.74. The van der Waals surface area contributed by atoms with E-state index >= 15 is 0 Å². The first kappa shape index (κ1) is 12.5. The molecule has 1 unspecified atom stereocenters. The highest BCUT2D eigenvalue weighted by Crippen LogP contribution is 2.41. The maximum atomic E-state index is 9.74. The third-order valence-corrected chi connectivity index (χ3v) is 4.29. The van der Waals surface area contributed by atoms with Crippen LogP contribution in [0.15, 0.2) is 42.5 Å². The topological polar surface area (TPSA) is 43.7 Å². The molecule has 2 N–H and O–H groups in total. The Morgan fingerprint density at radius 1 is 1.05 bits per heavy atom. The molecule has 1 aliphatic rings. The number of halogens is 1. The first-order valence-electron chi connectivity index (χ1n) is 6.19. The van der Waals surface area contributed by atoms with E-state index in [0.717, 1.165) is 29.7 Å². The molecule has 2 aromatic carbocycles. The van der Waals surface area contributed by atoms with Crippen molar-refractivity contribution in [2.45, 2.75) is 12.5 Å². The van der Waals surface area contributed by atoms with E-state index in [0.29, 0.717) is 0 Å². The lowest BCUT2D eigenvalue weighted by Gasteiger charge is -2.33. The number of phenolic OH excluding ortho intramolecular Hbond substituents is 2. The Kier molecular flexibility index (Phi) is 3.21. The molecule has 0 bridgehead atoms. The van der Waals surface area contributed by atoms with Crippen LogP contribution in [0.2, 0.25) is 0 Å². The van der Waals surface area contributed by atoms with E-state index in [1.807, 2.05) is 18.2 Å². The predicted molar refractivity (Wildman–Crippen MR) is 77.4 cm³/mol. The van der Waals surface area contributed by atoms with Gasteiger partial charge < -0.3 is 10.2 Å². The van der Waals surface area contributed by atoms with Gasteiger partial charge in [0.1, 0.15) is 0 Å². The van der Waals surface area contributed by atoms with Crippen molar-refractivity contribution < 1.29 is 10.2 Å². The molecule has 3 rings (SSSR count). The van der Waals surface area contributed by atoms with Crippen molar-refractivity contribution in [3.8, 4) is 11.5 Å². The summed E-state index contributed by atoms with van der Waals surface area (Å²) in [6.45, 7) is 0.858. The number of aromatic hydroxyl groups is 2. The Hall–Kier alpha value is -1.52. The molecular formula is C15H14BrNO2.